The molecule has 2 aromatic carbocycles. The maximum Gasteiger partial charge on any atom is 0.236 e. The van der Waals surface area contributed by atoms with Crippen LogP contribution >= 0.6 is 0 Å². The average Bonchev–Trinajstić information content (AvgIpc) is 2.58. The molecule has 0 radical (unpaired) electrons. The highest BCUT2D eigenvalue weighted by molar-refractivity contribution is 5.95. The van der Waals surface area contributed by atoms with E-state index in [0.717, 1.165) is 16.7 Å². The maximum atomic E-state index is 12.6. The van der Waals surface area contributed by atoms with Crippen molar-refractivity contribution < 1.29 is 14.5 Å². The third-order valence-corrected chi connectivity index (χ3v) is 4.04. The standard InChI is InChI=1S/C19H22N2O3/c1-4-23-16-11-10-14(12-17(16)24-5-2)18-20-19(21(18)22)15-9-7-6-8-13(15)3/h6-12,19,21H,4-5H2,1-3H3. The highest BCUT2D eigenvalue weighted by Gasteiger charge is 2.34. The van der Waals surface area contributed by atoms with Crippen LogP contribution in [0.1, 0.15) is 36.7 Å². The first-order valence-electron chi connectivity index (χ1n) is 8.23. The first-order valence-corrected chi connectivity index (χ1v) is 8.23. The Bertz CT molecular complexity index is 758. The van der Waals surface area contributed by atoms with E-state index in [2.05, 4.69) is 4.99 Å². The van der Waals surface area contributed by atoms with Crippen LogP contribution in [0.3, 0.4) is 0 Å². The molecule has 0 spiro atoms. The number of benzene rings is 2. The molecule has 2 aromatic rings. The second-order valence-electron chi connectivity index (χ2n) is 5.63. The molecule has 5 heteroatoms. The molecular formula is C19H22N2O3. The summed E-state index contributed by atoms with van der Waals surface area (Å²) in [4.78, 5) is 4.55. The molecular weight excluding hydrogens is 304 g/mol. The molecule has 5 nitrogen and oxygen atoms in total. The molecule has 24 heavy (non-hydrogen) atoms. The molecule has 0 bridgehead atoms. The van der Waals surface area contributed by atoms with Gasteiger partial charge in [0.2, 0.25) is 12.0 Å². The minimum atomic E-state index is -0.386. The van der Waals surface area contributed by atoms with Gasteiger partial charge in [0.1, 0.15) is 0 Å². The van der Waals surface area contributed by atoms with E-state index >= 15 is 0 Å². The van der Waals surface area contributed by atoms with Crippen molar-refractivity contribution in [1.82, 2.24) is 0 Å². The lowest BCUT2D eigenvalue weighted by Gasteiger charge is -2.37. The Morgan fingerprint density at radius 1 is 1.04 bits per heavy atom. The smallest absolute Gasteiger partial charge is 0.236 e. The van der Waals surface area contributed by atoms with Gasteiger partial charge in [0.25, 0.3) is 0 Å². The van der Waals surface area contributed by atoms with Crippen molar-refractivity contribution in [3.63, 3.8) is 0 Å². The first-order chi connectivity index (χ1) is 11.7. The molecule has 1 N–H and O–H groups in total. The van der Waals surface area contributed by atoms with E-state index in [1.165, 1.54) is 0 Å². The highest BCUT2D eigenvalue weighted by atomic mass is 16.5. The fourth-order valence-corrected chi connectivity index (χ4v) is 2.83. The number of aliphatic imine (C=N–C) groups is 1. The summed E-state index contributed by atoms with van der Waals surface area (Å²) in [7, 11) is 0. The minimum absolute atomic E-state index is 0.0518. The van der Waals surface area contributed by atoms with Gasteiger partial charge in [0.15, 0.2) is 11.5 Å². The second kappa shape index (κ2) is 7.03. The lowest BCUT2D eigenvalue weighted by Crippen LogP contribution is -3.14. The Labute approximate surface area is 142 Å². The van der Waals surface area contributed by atoms with E-state index in [0.29, 0.717) is 30.5 Å². The van der Waals surface area contributed by atoms with E-state index in [1.54, 1.807) is 0 Å². The number of rotatable bonds is 6. The van der Waals surface area contributed by atoms with Crippen LogP contribution in [0.5, 0.6) is 11.5 Å². The summed E-state index contributed by atoms with van der Waals surface area (Å²) in [6.07, 6.45) is -0.386. The van der Waals surface area contributed by atoms with Crippen LogP contribution in [-0.4, -0.2) is 19.0 Å². The Hall–Kier alpha value is -2.37. The summed E-state index contributed by atoms with van der Waals surface area (Å²) in [5.74, 6) is 1.84. The van der Waals surface area contributed by atoms with E-state index < -0.39 is 0 Å². The van der Waals surface area contributed by atoms with Crippen molar-refractivity contribution in [1.29, 1.82) is 0 Å². The zero-order chi connectivity index (χ0) is 17.1. The third-order valence-electron chi connectivity index (χ3n) is 4.04. The van der Waals surface area contributed by atoms with E-state index in [4.69, 9.17) is 9.47 Å². The summed E-state index contributed by atoms with van der Waals surface area (Å²) < 4.78 is 11.2. The van der Waals surface area contributed by atoms with Gasteiger partial charge < -0.3 is 14.7 Å². The number of hydroxylamine groups is 2. The van der Waals surface area contributed by atoms with Crippen LogP contribution in [-0.2, 0) is 0 Å². The van der Waals surface area contributed by atoms with Crippen LogP contribution in [0.4, 0.5) is 0 Å². The van der Waals surface area contributed by atoms with Crippen LogP contribution in [0, 0.1) is 12.1 Å². The Morgan fingerprint density at radius 3 is 2.42 bits per heavy atom. The van der Waals surface area contributed by atoms with Crippen molar-refractivity contribution in [3.05, 3.63) is 64.4 Å². The van der Waals surface area contributed by atoms with Gasteiger partial charge in [-0.1, -0.05) is 24.3 Å². The Kier molecular flexibility index (Phi) is 4.83. The predicted molar refractivity (Wildman–Crippen MR) is 93.6 cm³/mol. The van der Waals surface area contributed by atoms with Gasteiger partial charge >= 0.3 is 0 Å². The van der Waals surface area contributed by atoms with Crippen LogP contribution in [0.2, 0.25) is 0 Å². The Balaban J connectivity index is 1.89. The van der Waals surface area contributed by atoms with Crippen LogP contribution < -0.4 is 14.5 Å². The zero-order valence-electron chi connectivity index (χ0n) is 14.2. The first kappa shape index (κ1) is 16.5. The van der Waals surface area contributed by atoms with Crippen molar-refractivity contribution >= 4 is 5.84 Å². The fourth-order valence-electron chi connectivity index (χ4n) is 2.83. The molecule has 1 heterocycles. The number of hydrogen-bond donors (Lipinski definition) is 1. The highest BCUT2D eigenvalue weighted by Crippen LogP contribution is 2.30. The van der Waals surface area contributed by atoms with Gasteiger partial charge in [0.05, 0.1) is 18.8 Å². The predicted octanol–water partition coefficient (Wildman–Crippen LogP) is 2.63. The van der Waals surface area contributed by atoms with Crippen molar-refractivity contribution in [3.8, 4) is 11.5 Å². The third kappa shape index (κ3) is 3.00. The number of amidine groups is 1. The van der Waals surface area contributed by atoms with Crippen molar-refractivity contribution in [2.75, 3.05) is 13.2 Å². The van der Waals surface area contributed by atoms with E-state index in [9.17, 15) is 5.21 Å². The molecule has 0 saturated carbocycles. The average molecular weight is 326 g/mol. The quantitative estimate of drug-likeness (QED) is 0.830. The number of ether oxygens (including phenoxy) is 2. The molecule has 2 atom stereocenters. The molecule has 0 saturated heterocycles. The number of quaternary nitrogens is 1. The molecule has 0 fully saturated rings. The summed E-state index contributed by atoms with van der Waals surface area (Å²) in [6, 6.07) is 13.4. The van der Waals surface area contributed by atoms with Crippen molar-refractivity contribution in [2.24, 2.45) is 4.99 Å². The topological polar surface area (TPSA) is 58.3 Å². The SMILES string of the molecule is CCOc1ccc(C2=NC(c3ccccc3C)[NH+]2[O-])cc1OCC. The van der Waals surface area contributed by atoms with Gasteiger partial charge in [0, 0.05) is 5.56 Å². The van der Waals surface area contributed by atoms with E-state index in [1.807, 2.05) is 63.2 Å². The zero-order valence-corrected chi connectivity index (χ0v) is 14.2. The largest absolute Gasteiger partial charge is 0.626 e. The molecule has 0 aliphatic carbocycles. The summed E-state index contributed by atoms with van der Waals surface area (Å²) in [5, 5.41) is 12.6. The number of hydrogen-bond acceptors (Lipinski definition) is 4. The molecule has 1 aliphatic heterocycles. The van der Waals surface area contributed by atoms with Gasteiger partial charge in [-0.25, -0.2) is 0 Å². The second-order valence-corrected chi connectivity index (χ2v) is 5.63. The van der Waals surface area contributed by atoms with Crippen LogP contribution in [0.25, 0.3) is 0 Å². The minimum Gasteiger partial charge on any atom is -0.626 e. The van der Waals surface area contributed by atoms with Gasteiger partial charge in [-0.15, -0.1) is 0 Å². The van der Waals surface area contributed by atoms with Crippen LogP contribution in [0.15, 0.2) is 47.5 Å². The van der Waals surface area contributed by atoms with Gasteiger partial charge in [-0.05, 0) is 44.5 Å². The monoisotopic (exact) mass is 326 g/mol. The molecule has 0 amide bonds. The molecule has 1 aliphatic rings. The normalized spacial score (nSPS) is 19.4. The summed E-state index contributed by atoms with van der Waals surface area (Å²) >= 11 is 0. The fraction of sp³-hybridized carbons (Fsp3) is 0.316. The summed E-state index contributed by atoms with van der Waals surface area (Å²) in [6.45, 7) is 6.95. The molecule has 0 aromatic heterocycles. The van der Waals surface area contributed by atoms with Crippen molar-refractivity contribution in [2.45, 2.75) is 26.9 Å². The van der Waals surface area contributed by atoms with E-state index in [-0.39, 0.29) is 11.2 Å². The van der Waals surface area contributed by atoms with Gasteiger partial charge in [-0.2, -0.15) is 4.99 Å². The maximum absolute atomic E-state index is 12.6. The number of nitrogens with zero attached hydrogens (tertiary/aromatic N) is 1. The summed E-state index contributed by atoms with van der Waals surface area (Å²) in [5.41, 5.74) is 2.83. The Morgan fingerprint density at radius 2 is 1.75 bits per heavy atom. The van der Waals surface area contributed by atoms with Gasteiger partial charge in [-0.3, -0.25) is 5.06 Å². The molecule has 3 rings (SSSR count). The number of aryl methyl sites for hydroxylation is 1. The molecule has 126 valence electrons. The lowest BCUT2D eigenvalue weighted by molar-refractivity contribution is -0.807. The number of nitrogens with one attached hydrogen (secondary N) is 1. The lowest BCUT2D eigenvalue weighted by atomic mass is 10.0. The molecule has 2 unspecified atom stereocenters.